The summed E-state index contributed by atoms with van der Waals surface area (Å²) >= 11 is 0. The number of hydrogen-bond donors (Lipinski definition) is 6. The van der Waals surface area contributed by atoms with E-state index in [0.29, 0.717) is 25.3 Å². The van der Waals surface area contributed by atoms with Crippen molar-refractivity contribution in [2.45, 2.75) is 26.9 Å². The predicted molar refractivity (Wildman–Crippen MR) is 102 cm³/mol. The molecule has 1 unspecified atom stereocenters. The molecule has 1 atom stereocenters. The normalized spacial score (nSPS) is 8.75. The van der Waals surface area contributed by atoms with Gasteiger partial charge in [0.25, 0.3) is 0 Å². The topological polar surface area (TPSA) is 187 Å². The highest BCUT2D eigenvalue weighted by atomic mass is 31.0. The Hall–Kier alpha value is -2.00. The smallest absolute Gasteiger partial charge is 0.145 e. The molecule has 2 aromatic heterocycles. The predicted octanol–water partition coefficient (Wildman–Crippen LogP) is -0.332. The summed E-state index contributed by atoms with van der Waals surface area (Å²) in [5, 5.41) is 31.9. The molecule has 11 heteroatoms. The van der Waals surface area contributed by atoms with Crippen molar-refractivity contribution in [1.29, 1.82) is 5.41 Å². The van der Waals surface area contributed by atoms with Gasteiger partial charge in [-0.05, 0) is 12.1 Å². The first-order valence-electron chi connectivity index (χ1n) is 6.41. The maximum Gasteiger partial charge on any atom is 0.145 e. The molecule has 2 aromatic rings. The van der Waals surface area contributed by atoms with Gasteiger partial charge >= 0.3 is 0 Å². The molecular weight excluding hydrogens is 331 g/mol. The van der Waals surface area contributed by atoms with E-state index in [1.807, 2.05) is 0 Å². The van der Waals surface area contributed by atoms with Crippen LogP contribution in [0, 0.1) is 5.41 Å². The van der Waals surface area contributed by atoms with Crippen molar-refractivity contribution >= 4 is 21.6 Å². The van der Waals surface area contributed by atoms with Crippen LogP contribution in [0.15, 0.2) is 24.5 Å². The van der Waals surface area contributed by atoms with E-state index in [0.717, 1.165) is 5.69 Å². The summed E-state index contributed by atoms with van der Waals surface area (Å²) in [5.41, 5.74) is 11.2. The summed E-state index contributed by atoms with van der Waals surface area (Å²) in [6, 6.07) is 3.48. The van der Waals surface area contributed by atoms with Crippen LogP contribution in [0.5, 0.6) is 0 Å². The summed E-state index contributed by atoms with van der Waals surface area (Å²) in [6.45, 7) is 1.16. The average Bonchev–Trinajstić information content (AvgIpc) is 3.00. The second-order valence-electron chi connectivity index (χ2n) is 4.22. The molecule has 0 aliphatic heterocycles. The van der Waals surface area contributed by atoms with E-state index < -0.39 is 0 Å². The first-order valence-corrected chi connectivity index (χ1v) is 6.41. The van der Waals surface area contributed by atoms with Gasteiger partial charge in [-0.3, -0.25) is 14.8 Å². The Balaban J connectivity index is -0.000000336. The lowest BCUT2D eigenvalue weighted by atomic mass is 10.3. The summed E-state index contributed by atoms with van der Waals surface area (Å²) in [7, 11) is 0. The van der Waals surface area contributed by atoms with Gasteiger partial charge in [-0.1, -0.05) is 7.43 Å². The first-order chi connectivity index (χ1) is 10.0. The number of nitrogens with zero attached hydrogens (tertiary/aromatic N) is 4. The molecule has 2 rings (SSSR count). The van der Waals surface area contributed by atoms with E-state index >= 15 is 0 Å². The minimum Gasteiger partial charge on any atom is -0.394 e. The molecule has 0 aliphatic rings. The highest BCUT2D eigenvalue weighted by Gasteiger charge is 1.99. The van der Waals surface area contributed by atoms with Gasteiger partial charge in [0.15, 0.2) is 0 Å². The molecule has 0 radical (unpaired) electrons. The Morgan fingerprint density at radius 2 is 1.58 bits per heavy atom. The molecule has 0 fully saturated rings. The third kappa shape index (κ3) is 10.7. The zero-order valence-electron chi connectivity index (χ0n) is 13.1. The summed E-state index contributed by atoms with van der Waals surface area (Å²) in [6.07, 6.45) is 3.86. The van der Waals surface area contributed by atoms with Crippen LogP contribution >= 0.6 is 9.90 Å². The van der Waals surface area contributed by atoms with E-state index in [2.05, 4.69) is 10.2 Å². The summed E-state index contributed by atoms with van der Waals surface area (Å²) in [5.74, 6) is 0.590. The first kappa shape index (κ1) is 26.9. The van der Waals surface area contributed by atoms with Crippen LogP contribution in [0.25, 0.3) is 0 Å². The van der Waals surface area contributed by atoms with Gasteiger partial charge in [0, 0.05) is 18.8 Å². The quantitative estimate of drug-likeness (QED) is 0.230. The lowest BCUT2D eigenvalue weighted by Gasteiger charge is -1.95. The Kier molecular flexibility index (Phi) is 16.3. The van der Waals surface area contributed by atoms with Gasteiger partial charge in [-0.15, -0.1) is 0 Å². The minimum atomic E-state index is 0. The largest absolute Gasteiger partial charge is 0.394 e. The number of aromatic nitrogens is 4. The van der Waals surface area contributed by atoms with Crippen LogP contribution in [0.3, 0.4) is 0 Å². The molecule has 10 nitrogen and oxygen atoms in total. The van der Waals surface area contributed by atoms with Crippen LogP contribution in [-0.4, -0.2) is 48.8 Å². The maximum atomic E-state index is 8.58. The molecule has 24 heavy (non-hydrogen) atoms. The molecule has 0 aromatic carbocycles. The number of aliphatic hydroxyl groups excluding tert-OH is 2. The van der Waals surface area contributed by atoms with Crippen molar-refractivity contribution in [2.24, 2.45) is 5.73 Å². The molecule has 2 heterocycles. The molecular formula is C13H31N8O2P. The zero-order chi connectivity index (χ0) is 15.7. The Morgan fingerprint density at radius 1 is 1.08 bits per heavy atom. The molecule has 0 amide bonds. The SMILES string of the molecule is C.N.N=C(N)Cc1ccn(CCO)n1.Nc1ccn(CCO)n1.P. The fraction of sp³-hybridized carbons (Fsp3) is 0.462. The lowest BCUT2D eigenvalue weighted by Crippen LogP contribution is -2.13. The maximum absolute atomic E-state index is 8.58. The van der Waals surface area contributed by atoms with Gasteiger partial charge in [-0.25, -0.2) is 0 Å². The van der Waals surface area contributed by atoms with Crippen LogP contribution in [0.4, 0.5) is 5.82 Å². The van der Waals surface area contributed by atoms with Gasteiger partial charge in [0.2, 0.25) is 0 Å². The van der Waals surface area contributed by atoms with Crippen molar-refractivity contribution in [3.8, 4) is 0 Å². The Bertz CT molecular complexity index is 558. The number of amidine groups is 1. The van der Waals surface area contributed by atoms with Gasteiger partial charge in [0.05, 0.1) is 37.8 Å². The number of nitrogens with two attached hydrogens (primary N) is 2. The third-order valence-electron chi connectivity index (χ3n) is 2.39. The van der Waals surface area contributed by atoms with Crippen LogP contribution in [0.2, 0.25) is 0 Å². The molecule has 10 N–H and O–H groups in total. The van der Waals surface area contributed by atoms with Crippen molar-refractivity contribution < 1.29 is 10.2 Å². The third-order valence-corrected chi connectivity index (χ3v) is 2.39. The van der Waals surface area contributed by atoms with Crippen LogP contribution in [0.1, 0.15) is 13.1 Å². The Labute approximate surface area is 145 Å². The molecule has 140 valence electrons. The average molecular weight is 362 g/mol. The van der Waals surface area contributed by atoms with E-state index in [1.54, 1.807) is 33.9 Å². The number of aliphatic hydroxyl groups is 2. The number of hydrogen-bond acceptors (Lipinski definition) is 7. The molecule has 0 saturated heterocycles. The molecule has 0 spiro atoms. The number of rotatable bonds is 6. The van der Waals surface area contributed by atoms with Gasteiger partial charge < -0.3 is 27.8 Å². The second-order valence-corrected chi connectivity index (χ2v) is 4.22. The van der Waals surface area contributed by atoms with Crippen LogP contribution < -0.4 is 17.6 Å². The standard InChI is InChI=1S/C7H12N4O.C5H9N3O.CH4.H3N.H3P/c8-7(9)5-6-1-2-11(10-6)3-4-12;6-5-1-2-8(7-5)3-4-9;;;/h1-2,12H,3-5H2,(H3,8,9);1-2,9H,3-4H2,(H2,6,7);1H4;2*1H3. The van der Waals surface area contributed by atoms with E-state index in [1.165, 1.54) is 0 Å². The fourth-order valence-corrected chi connectivity index (χ4v) is 1.52. The van der Waals surface area contributed by atoms with Crippen LogP contribution in [-0.2, 0) is 19.5 Å². The van der Waals surface area contributed by atoms with E-state index in [-0.39, 0.29) is 42.5 Å². The van der Waals surface area contributed by atoms with E-state index in [9.17, 15) is 0 Å². The Morgan fingerprint density at radius 3 is 2.00 bits per heavy atom. The second kappa shape index (κ2) is 14.6. The van der Waals surface area contributed by atoms with Crippen molar-refractivity contribution in [3.05, 3.63) is 30.2 Å². The van der Waals surface area contributed by atoms with Crippen molar-refractivity contribution in [1.82, 2.24) is 25.7 Å². The molecule has 0 aliphatic carbocycles. The number of anilines is 1. The lowest BCUT2D eigenvalue weighted by molar-refractivity contribution is 0.269. The van der Waals surface area contributed by atoms with Crippen molar-refractivity contribution in [3.63, 3.8) is 0 Å². The summed E-state index contributed by atoms with van der Waals surface area (Å²) in [4.78, 5) is 0. The number of nitrogen functional groups attached to an aromatic ring is 1. The summed E-state index contributed by atoms with van der Waals surface area (Å²) < 4.78 is 3.22. The monoisotopic (exact) mass is 362 g/mol. The molecule has 0 bridgehead atoms. The minimum absolute atomic E-state index is 0. The van der Waals surface area contributed by atoms with Crippen molar-refractivity contribution in [2.75, 3.05) is 18.9 Å². The fourth-order valence-electron chi connectivity index (χ4n) is 1.52. The molecule has 0 saturated carbocycles. The van der Waals surface area contributed by atoms with Gasteiger partial charge in [0.1, 0.15) is 5.82 Å². The highest BCUT2D eigenvalue weighted by Crippen LogP contribution is 1.96. The van der Waals surface area contributed by atoms with Gasteiger partial charge in [-0.2, -0.15) is 20.1 Å². The number of nitrogens with one attached hydrogen (secondary N) is 1. The zero-order valence-corrected chi connectivity index (χ0v) is 14.5. The van der Waals surface area contributed by atoms with E-state index in [4.69, 9.17) is 27.1 Å². The highest BCUT2D eigenvalue weighted by molar-refractivity contribution is 6.92.